The monoisotopic (exact) mass is 560 g/mol. The average Bonchev–Trinajstić information content (AvgIpc) is 3.28. The molecule has 2 saturated heterocycles. The van der Waals surface area contributed by atoms with Crippen LogP contribution in [0.15, 0.2) is 24.5 Å². The number of rotatable bonds is 5. The van der Waals surface area contributed by atoms with E-state index >= 15 is 4.39 Å². The lowest BCUT2D eigenvalue weighted by atomic mass is 9.87. The molecule has 1 aromatic carbocycles. The number of hydrogen-bond acceptors (Lipinski definition) is 7. The molecule has 4 heterocycles. The van der Waals surface area contributed by atoms with E-state index in [0.717, 1.165) is 4.68 Å². The van der Waals surface area contributed by atoms with Gasteiger partial charge < -0.3 is 5.32 Å². The van der Waals surface area contributed by atoms with Crippen LogP contribution in [0.3, 0.4) is 0 Å². The molecule has 1 aliphatic carbocycles. The van der Waals surface area contributed by atoms with Crippen LogP contribution in [0.2, 0.25) is 10.2 Å². The number of piperidine rings is 1. The molecular weight excluding hydrogens is 540 g/mol. The second kappa shape index (κ2) is 8.44. The Morgan fingerprint density at radius 3 is 2.58 bits per heavy atom. The third-order valence-electron chi connectivity index (χ3n) is 7.15. The van der Waals surface area contributed by atoms with Crippen molar-refractivity contribution in [3.63, 3.8) is 0 Å². The lowest BCUT2D eigenvalue weighted by molar-refractivity contribution is 0.0912. The van der Waals surface area contributed by atoms with Crippen molar-refractivity contribution in [2.75, 3.05) is 29.9 Å². The summed E-state index contributed by atoms with van der Waals surface area (Å²) < 4.78 is 66.1. The van der Waals surface area contributed by atoms with Gasteiger partial charge in [0.2, 0.25) is 5.95 Å². The zero-order valence-corrected chi connectivity index (χ0v) is 21.0. The van der Waals surface area contributed by atoms with E-state index in [1.165, 1.54) is 6.20 Å². The van der Waals surface area contributed by atoms with E-state index in [4.69, 9.17) is 23.2 Å². The van der Waals surface area contributed by atoms with Gasteiger partial charge in [-0.3, -0.25) is 4.90 Å². The van der Waals surface area contributed by atoms with E-state index < -0.39 is 33.9 Å². The third-order valence-corrected chi connectivity index (χ3v) is 9.64. The molecule has 14 heteroatoms. The molecular formula is C22H21Cl2F3N6O2S. The van der Waals surface area contributed by atoms with Crippen LogP contribution in [0.5, 0.6) is 0 Å². The smallest absolute Gasteiger partial charge is 0.272 e. The van der Waals surface area contributed by atoms with Gasteiger partial charge in [0.25, 0.3) is 5.92 Å². The van der Waals surface area contributed by atoms with E-state index in [1.54, 1.807) is 18.3 Å². The normalized spacial score (nSPS) is 27.6. The first-order chi connectivity index (χ1) is 17.0. The van der Waals surface area contributed by atoms with Crippen molar-refractivity contribution in [3.05, 3.63) is 40.3 Å². The van der Waals surface area contributed by atoms with Crippen molar-refractivity contribution in [3.8, 4) is 0 Å². The van der Waals surface area contributed by atoms with Crippen molar-refractivity contribution < 1.29 is 21.6 Å². The zero-order valence-electron chi connectivity index (χ0n) is 18.7. The van der Waals surface area contributed by atoms with Crippen molar-refractivity contribution in [2.45, 2.75) is 42.9 Å². The first-order valence-corrected chi connectivity index (χ1v) is 14.0. The summed E-state index contributed by atoms with van der Waals surface area (Å²) >= 11 is 12.7. The summed E-state index contributed by atoms with van der Waals surface area (Å²) in [5, 5.41) is 7.96. The maximum absolute atomic E-state index is 15.2. The maximum atomic E-state index is 15.2. The Morgan fingerprint density at radius 1 is 1.17 bits per heavy atom. The van der Waals surface area contributed by atoms with E-state index in [0.29, 0.717) is 40.1 Å². The van der Waals surface area contributed by atoms with Gasteiger partial charge in [0.15, 0.2) is 15.0 Å². The molecule has 36 heavy (non-hydrogen) atoms. The Hall–Kier alpha value is -2.15. The standard InChI is InChI=1S/C22H21Cl2F3N6O2S/c23-15-3-11-6-28-21(31-18-7-29-33(20(18)24)19-5-22(19,26)27)30-17(11)4-14(15)13-1-2-32(8-16(13)25)12-9-36(34,35)10-12/h3-4,6-7,12-13,16,19H,1-2,5,8-10H2,(H,28,30,31)/t13?,16?,19-/m1/s1. The van der Waals surface area contributed by atoms with Crippen LogP contribution < -0.4 is 5.32 Å². The van der Waals surface area contributed by atoms with E-state index in [-0.39, 0.29) is 41.6 Å². The highest BCUT2D eigenvalue weighted by Gasteiger charge is 2.59. The second-order valence-electron chi connectivity index (χ2n) is 9.66. The van der Waals surface area contributed by atoms with E-state index in [1.807, 2.05) is 4.90 Å². The highest BCUT2D eigenvalue weighted by Crippen LogP contribution is 2.53. The maximum Gasteiger partial charge on any atom is 0.272 e. The average molecular weight is 561 g/mol. The Bertz CT molecular complexity index is 1460. The number of anilines is 2. The lowest BCUT2D eigenvalue weighted by Crippen LogP contribution is -2.57. The molecule has 1 N–H and O–H groups in total. The highest BCUT2D eigenvalue weighted by molar-refractivity contribution is 7.92. The molecule has 3 aromatic rings. The number of hydrogen-bond donors (Lipinski definition) is 1. The zero-order chi connectivity index (χ0) is 25.4. The fourth-order valence-electron chi connectivity index (χ4n) is 5.00. The molecule has 0 spiro atoms. The van der Waals surface area contributed by atoms with Gasteiger partial charge in [0.1, 0.15) is 12.2 Å². The fourth-order valence-corrected chi connectivity index (χ4v) is 7.07. The largest absolute Gasteiger partial charge is 0.320 e. The summed E-state index contributed by atoms with van der Waals surface area (Å²) in [4.78, 5) is 10.6. The van der Waals surface area contributed by atoms with Crippen LogP contribution >= 0.6 is 23.2 Å². The number of nitrogens with one attached hydrogen (secondary N) is 1. The first-order valence-electron chi connectivity index (χ1n) is 11.4. The molecule has 3 atom stereocenters. The summed E-state index contributed by atoms with van der Waals surface area (Å²) in [5.41, 5.74) is 1.45. The van der Waals surface area contributed by atoms with Gasteiger partial charge in [0.05, 0.1) is 28.9 Å². The Balaban J connectivity index is 1.21. The van der Waals surface area contributed by atoms with Crippen LogP contribution in [-0.4, -0.2) is 75.8 Å². The minimum atomic E-state index is -2.98. The van der Waals surface area contributed by atoms with Crippen LogP contribution in [0, 0.1) is 0 Å². The second-order valence-corrected chi connectivity index (χ2v) is 12.6. The van der Waals surface area contributed by atoms with Gasteiger partial charge in [-0.25, -0.2) is 36.2 Å². The molecule has 3 aliphatic rings. The number of sulfone groups is 1. The van der Waals surface area contributed by atoms with Gasteiger partial charge in [-0.1, -0.05) is 23.2 Å². The summed E-state index contributed by atoms with van der Waals surface area (Å²) in [5.74, 6) is -2.92. The summed E-state index contributed by atoms with van der Waals surface area (Å²) in [6, 6.07) is 2.25. The number of alkyl halides is 3. The van der Waals surface area contributed by atoms with Gasteiger partial charge in [-0.15, -0.1) is 0 Å². The molecule has 0 amide bonds. The van der Waals surface area contributed by atoms with Crippen LogP contribution in [-0.2, 0) is 9.84 Å². The Labute approximate surface area is 214 Å². The van der Waals surface area contributed by atoms with Crippen molar-refractivity contribution in [1.82, 2.24) is 24.6 Å². The molecule has 3 fully saturated rings. The first kappa shape index (κ1) is 24.2. The Kier molecular flexibility index (Phi) is 5.67. The van der Waals surface area contributed by atoms with Gasteiger partial charge >= 0.3 is 0 Å². The Morgan fingerprint density at radius 2 is 1.92 bits per heavy atom. The minimum absolute atomic E-state index is 0.0314. The molecule has 1 saturated carbocycles. The predicted molar refractivity (Wildman–Crippen MR) is 130 cm³/mol. The quantitative estimate of drug-likeness (QED) is 0.495. The highest BCUT2D eigenvalue weighted by atomic mass is 35.5. The van der Waals surface area contributed by atoms with E-state index in [9.17, 15) is 17.2 Å². The number of benzene rings is 1. The van der Waals surface area contributed by atoms with Gasteiger partial charge in [-0.05, 0) is 30.7 Å². The number of likely N-dealkylation sites (tertiary alicyclic amines) is 1. The molecule has 0 bridgehead atoms. The number of fused-ring (bicyclic) bond motifs is 1. The molecule has 6 rings (SSSR count). The number of aromatic nitrogens is 4. The molecule has 8 nitrogen and oxygen atoms in total. The fraction of sp³-hybridized carbons (Fsp3) is 0.500. The third kappa shape index (κ3) is 4.31. The number of nitrogens with zero attached hydrogens (tertiary/aromatic N) is 5. The molecule has 0 radical (unpaired) electrons. The van der Waals surface area contributed by atoms with Crippen LogP contribution in [0.1, 0.15) is 30.4 Å². The van der Waals surface area contributed by atoms with Crippen molar-refractivity contribution in [2.24, 2.45) is 0 Å². The molecule has 192 valence electrons. The van der Waals surface area contributed by atoms with Crippen molar-refractivity contribution in [1.29, 1.82) is 0 Å². The molecule has 2 aromatic heterocycles. The predicted octanol–water partition coefficient (Wildman–Crippen LogP) is 4.38. The summed E-state index contributed by atoms with van der Waals surface area (Å²) in [6.45, 7) is 0.733. The van der Waals surface area contributed by atoms with Gasteiger partial charge in [0, 0.05) is 41.5 Å². The van der Waals surface area contributed by atoms with Crippen molar-refractivity contribution >= 4 is 55.6 Å². The summed E-state index contributed by atoms with van der Waals surface area (Å²) in [6.07, 6.45) is 1.88. The SMILES string of the molecule is O=S1(=O)CC(N2CCC(c3cc4nc(Nc5cnn([C@@H]6CC6(F)F)c5Cl)ncc4cc3Cl)C(F)C2)C1. The minimum Gasteiger partial charge on any atom is -0.320 e. The van der Waals surface area contributed by atoms with E-state index in [2.05, 4.69) is 20.4 Å². The number of halogens is 5. The molecule has 2 unspecified atom stereocenters. The van der Waals surface area contributed by atoms with Gasteiger partial charge in [-0.2, -0.15) is 5.10 Å². The van der Waals surface area contributed by atoms with Crippen LogP contribution in [0.4, 0.5) is 24.8 Å². The summed E-state index contributed by atoms with van der Waals surface area (Å²) in [7, 11) is -2.98. The lowest BCUT2D eigenvalue weighted by Gasteiger charge is -2.42. The molecule has 2 aliphatic heterocycles. The topological polar surface area (TPSA) is 93.0 Å². The van der Waals surface area contributed by atoms with Crippen LogP contribution in [0.25, 0.3) is 10.9 Å².